The summed E-state index contributed by atoms with van der Waals surface area (Å²) in [5, 5.41) is 10.4. The van der Waals surface area contributed by atoms with Gasteiger partial charge in [-0.2, -0.15) is 0 Å². The maximum atomic E-state index is 12.3. The summed E-state index contributed by atoms with van der Waals surface area (Å²) in [6.07, 6.45) is -1.96. The van der Waals surface area contributed by atoms with E-state index in [9.17, 15) is 23.7 Å². The monoisotopic (exact) mass is 328 g/mol. The third-order valence-corrected chi connectivity index (χ3v) is 2.79. The number of halogens is 3. The zero-order chi connectivity index (χ0) is 11.6. The second-order valence-electron chi connectivity index (χ2n) is 2.44. The second kappa shape index (κ2) is 4.55. The van der Waals surface area contributed by atoms with Gasteiger partial charge in [0.1, 0.15) is 11.8 Å². The van der Waals surface area contributed by atoms with E-state index in [2.05, 4.69) is 4.98 Å². The van der Waals surface area contributed by atoms with E-state index in [0.717, 1.165) is 0 Å². The Morgan fingerprint density at radius 2 is 2.20 bits per heavy atom. The SMILES string of the molecule is O=Cc1c([N+](=O)[O-])ncc(C(F)F)c1I. The summed E-state index contributed by atoms with van der Waals surface area (Å²) in [6, 6.07) is 0. The van der Waals surface area contributed by atoms with E-state index in [1.54, 1.807) is 0 Å². The van der Waals surface area contributed by atoms with Crippen LogP contribution < -0.4 is 0 Å². The molecule has 1 heterocycles. The number of carbonyl (C=O) groups excluding carboxylic acids is 1. The van der Waals surface area contributed by atoms with Gasteiger partial charge in [-0.15, -0.1) is 0 Å². The van der Waals surface area contributed by atoms with Crippen LogP contribution in [-0.4, -0.2) is 16.2 Å². The fraction of sp³-hybridized carbons (Fsp3) is 0.143. The van der Waals surface area contributed by atoms with E-state index in [1.165, 1.54) is 22.6 Å². The Hall–Kier alpha value is -1.19. The summed E-state index contributed by atoms with van der Waals surface area (Å²) in [4.78, 5) is 23.3. The predicted octanol–water partition coefficient (Wildman–Crippen LogP) is 2.34. The Kier molecular flexibility index (Phi) is 3.61. The molecule has 80 valence electrons. The molecule has 0 radical (unpaired) electrons. The Labute approximate surface area is 95.8 Å². The molecule has 0 amide bonds. The van der Waals surface area contributed by atoms with Crippen molar-refractivity contribution in [3.63, 3.8) is 0 Å². The highest BCUT2D eigenvalue weighted by Crippen LogP contribution is 2.29. The molecule has 0 saturated carbocycles. The van der Waals surface area contributed by atoms with E-state index in [4.69, 9.17) is 0 Å². The Morgan fingerprint density at radius 3 is 2.60 bits per heavy atom. The summed E-state index contributed by atoms with van der Waals surface area (Å²) in [7, 11) is 0. The van der Waals surface area contributed by atoms with E-state index < -0.39 is 28.3 Å². The first-order chi connectivity index (χ1) is 6.99. The maximum absolute atomic E-state index is 12.3. The number of pyridine rings is 1. The highest BCUT2D eigenvalue weighted by atomic mass is 127. The van der Waals surface area contributed by atoms with E-state index >= 15 is 0 Å². The van der Waals surface area contributed by atoms with Gasteiger partial charge in [-0.05, 0) is 32.5 Å². The number of nitro groups is 1. The number of alkyl halides is 2. The molecule has 0 bridgehead atoms. The lowest BCUT2D eigenvalue weighted by Crippen LogP contribution is -2.04. The summed E-state index contributed by atoms with van der Waals surface area (Å²) in [5.74, 6) is -0.709. The van der Waals surface area contributed by atoms with Crippen molar-refractivity contribution in [2.24, 2.45) is 0 Å². The van der Waals surface area contributed by atoms with E-state index in [-0.39, 0.29) is 9.86 Å². The lowest BCUT2D eigenvalue weighted by molar-refractivity contribution is -0.389. The van der Waals surface area contributed by atoms with Crippen molar-refractivity contribution in [1.82, 2.24) is 4.98 Å². The zero-order valence-corrected chi connectivity index (χ0v) is 9.14. The van der Waals surface area contributed by atoms with Crippen LogP contribution in [0.25, 0.3) is 0 Å². The van der Waals surface area contributed by atoms with Gasteiger partial charge in [0, 0.05) is 3.57 Å². The summed E-state index contributed by atoms with van der Waals surface area (Å²) in [6.45, 7) is 0. The molecule has 15 heavy (non-hydrogen) atoms. The van der Waals surface area contributed by atoms with Crippen LogP contribution in [0.5, 0.6) is 0 Å². The molecule has 0 atom stereocenters. The van der Waals surface area contributed by atoms with Gasteiger partial charge in [0.2, 0.25) is 0 Å². The quantitative estimate of drug-likeness (QED) is 0.369. The topological polar surface area (TPSA) is 73.1 Å². The molecular formula is C7H3F2IN2O3. The minimum absolute atomic E-state index is 0.140. The van der Waals surface area contributed by atoms with Gasteiger partial charge in [0.05, 0.1) is 5.56 Å². The highest BCUT2D eigenvalue weighted by Gasteiger charge is 2.24. The molecule has 0 aromatic carbocycles. The first kappa shape index (κ1) is 11.9. The molecule has 1 rings (SSSR count). The standard InChI is InChI=1S/C7H3F2IN2O3/c8-6(9)3-1-11-7(12(14)15)4(2-13)5(3)10/h1-2,6H. The van der Waals surface area contributed by atoms with Gasteiger partial charge < -0.3 is 10.1 Å². The maximum Gasteiger partial charge on any atom is 0.375 e. The summed E-state index contributed by atoms with van der Waals surface area (Å²) >= 11 is 1.46. The van der Waals surface area contributed by atoms with Crippen LogP contribution in [-0.2, 0) is 0 Å². The van der Waals surface area contributed by atoms with Gasteiger partial charge in [0.25, 0.3) is 6.43 Å². The fourth-order valence-electron chi connectivity index (χ4n) is 0.913. The molecule has 0 aliphatic carbocycles. The number of aldehydes is 1. The molecule has 0 fully saturated rings. The molecular weight excluding hydrogens is 325 g/mol. The van der Waals surface area contributed by atoms with Crippen molar-refractivity contribution in [2.45, 2.75) is 6.43 Å². The molecule has 0 aliphatic heterocycles. The average Bonchev–Trinajstić information content (AvgIpc) is 2.16. The van der Waals surface area contributed by atoms with Crippen LogP contribution in [0.2, 0.25) is 0 Å². The third-order valence-electron chi connectivity index (χ3n) is 1.58. The molecule has 5 nitrogen and oxygen atoms in total. The first-order valence-electron chi connectivity index (χ1n) is 3.55. The number of hydrogen-bond donors (Lipinski definition) is 0. The normalized spacial score (nSPS) is 10.4. The van der Waals surface area contributed by atoms with Gasteiger partial charge in [-0.25, -0.2) is 8.78 Å². The van der Waals surface area contributed by atoms with E-state index in [1.807, 2.05) is 0 Å². The third kappa shape index (κ3) is 2.25. The van der Waals surface area contributed by atoms with E-state index in [0.29, 0.717) is 6.20 Å². The van der Waals surface area contributed by atoms with Crippen LogP contribution in [0, 0.1) is 13.7 Å². The van der Waals surface area contributed by atoms with Crippen molar-refractivity contribution < 1.29 is 18.5 Å². The minimum Gasteiger partial charge on any atom is -0.358 e. The van der Waals surface area contributed by atoms with Gasteiger partial charge in [-0.1, -0.05) is 0 Å². The van der Waals surface area contributed by atoms with Crippen molar-refractivity contribution in [1.29, 1.82) is 0 Å². The smallest absolute Gasteiger partial charge is 0.358 e. The van der Waals surface area contributed by atoms with Crippen molar-refractivity contribution in [3.05, 3.63) is 31.0 Å². The zero-order valence-electron chi connectivity index (χ0n) is 6.99. The molecule has 0 N–H and O–H groups in total. The van der Waals surface area contributed by atoms with Crippen molar-refractivity contribution in [3.8, 4) is 0 Å². The highest BCUT2D eigenvalue weighted by molar-refractivity contribution is 14.1. The fourth-order valence-corrected chi connectivity index (χ4v) is 1.66. The Balaban J connectivity index is 3.45. The summed E-state index contributed by atoms with van der Waals surface area (Å²) < 4.78 is 24.6. The number of hydrogen-bond acceptors (Lipinski definition) is 4. The molecule has 1 aromatic heterocycles. The number of carbonyl (C=O) groups is 1. The largest absolute Gasteiger partial charge is 0.375 e. The van der Waals surface area contributed by atoms with Gasteiger partial charge >= 0.3 is 5.82 Å². The van der Waals surface area contributed by atoms with Crippen LogP contribution in [0.3, 0.4) is 0 Å². The van der Waals surface area contributed by atoms with Gasteiger partial charge in [-0.3, -0.25) is 4.79 Å². The number of rotatable bonds is 3. The first-order valence-corrected chi connectivity index (χ1v) is 4.63. The Morgan fingerprint density at radius 1 is 1.60 bits per heavy atom. The van der Waals surface area contributed by atoms with Crippen LogP contribution >= 0.6 is 22.6 Å². The molecule has 0 spiro atoms. The molecule has 0 unspecified atom stereocenters. The minimum atomic E-state index is -2.82. The van der Waals surface area contributed by atoms with Crippen LogP contribution in [0.1, 0.15) is 22.3 Å². The van der Waals surface area contributed by atoms with Crippen LogP contribution in [0.15, 0.2) is 6.20 Å². The molecule has 0 saturated heterocycles. The number of nitrogens with zero attached hydrogens (tertiary/aromatic N) is 2. The predicted molar refractivity (Wildman–Crippen MR) is 54.0 cm³/mol. The average molecular weight is 328 g/mol. The second-order valence-corrected chi connectivity index (χ2v) is 3.52. The lowest BCUT2D eigenvalue weighted by Gasteiger charge is -2.03. The molecule has 8 heteroatoms. The van der Waals surface area contributed by atoms with Crippen molar-refractivity contribution in [2.75, 3.05) is 0 Å². The molecule has 0 aliphatic rings. The molecule has 1 aromatic rings. The van der Waals surface area contributed by atoms with Gasteiger partial charge in [0.15, 0.2) is 6.29 Å². The van der Waals surface area contributed by atoms with Crippen molar-refractivity contribution >= 4 is 34.7 Å². The summed E-state index contributed by atoms with van der Waals surface area (Å²) in [5.41, 5.74) is -0.901. The lowest BCUT2D eigenvalue weighted by atomic mass is 10.2. The van der Waals surface area contributed by atoms with Crippen LogP contribution in [0.4, 0.5) is 14.6 Å². The Bertz CT molecular complexity index is 425. The number of aromatic nitrogens is 1.